The van der Waals surface area contributed by atoms with E-state index in [2.05, 4.69) is 5.32 Å². The van der Waals surface area contributed by atoms with E-state index in [0.29, 0.717) is 16.8 Å². The summed E-state index contributed by atoms with van der Waals surface area (Å²) >= 11 is 5.85. The first-order valence-corrected chi connectivity index (χ1v) is 7.59. The van der Waals surface area contributed by atoms with E-state index in [4.69, 9.17) is 17.3 Å². The molecule has 0 bridgehead atoms. The number of hydrogen-bond donors (Lipinski definition) is 2. The normalized spacial score (nSPS) is 16.3. The highest BCUT2D eigenvalue weighted by Gasteiger charge is 2.23. The second-order valence-corrected chi connectivity index (χ2v) is 6.31. The second-order valence-electron chi connectivity index (χ2n) is 4.41. The summed E-state index contributed by atoms with van der Waals surface area (Å²) in [4.78, 5) is 11.5. The highest BCUT2D eigenvalue weighted by molar-refractivity contribution is 7.84. The third kappa shape index (κ3) is 3.99. The summed E-state index contributed by atoms with van der Waals surface area (Å²) in [5.41, 5.74) is 7.04. The molecule has 1 aliphatic carbocycles. The van der Waals surface area contributed by atoms with Crippen LogP contribution in [0.2, 0.25) is 5.02 Å². The van der Waals surface area contributed by atoms with Gasteiger partial charge < -0.3 is 11.1 Å². The number of halogens is 1. The Bertz CT molecular complexity index is 489. The summed E-state index contributed by atoms with van der Waals surface area (Å²) in [5.74, 6) is 0.115. The number of benzene rings is 1. The monoisotopic (exact) mass is 286 g/mol. The van der Waals surface area contributed by atoms with Gasteiger partial charge in [0.15, 0.2) is 0 Å². The molecule has 1 aliphatic rings. The Hall–Kier alpha value is -1.07. The Morgan fingerprint density at radius 1 is 1.50 bits per heavy atom. The Morgan fingerprint density at radius 2 is 2.22 bits per heavy atom. The Morgan fingerprint density at radius 3 is 2.89 bits per heavy atom. The topological polar surface area (TPSA) is 72.2 Å². The first-order valence-electron chi connectivity index (χ1n) is 5.73. The van der Waals surface area contributed by atoms with Crippen LogP contribution in [0.25, 0.3) is 0 Å². The summed E-state index contributed by atoms with van der Waals surface area (Å²) < 4.78 is 11.8. The predicted octanol–water partition coefficient (Wildman–Crippen LogP) is 1.45. The lowest BCUT2D eigenvalue weighted by atomic mass is 10.2. The molecule has 0 aromatic heterocycles. The van der Waals surface area contributed by atoms with E-state index in [9.17, 15) is 9.00 Å². The number of hydrogen-bond acceptors (Lipinski definition) is 3. The van der Waals surface area contributed by atoms with Crippen molar-refractivity contribution in [3.05, 3.63) is 28.8 Å². The van der Waals surface area contributed by atoms with Gasteiger partial charge in [-0.15, -0.1) is 0 Å². The van der Waals surface area contributed by atoms with Crippen molar-refractivity contribution in [2.45, 2.75) is 24.6 Å². The number of carbonyl (C=O) groups is 1. The van der Waals surface area contributed by atoms with E-state index < -0.39 is 10.8 Å². The van der Waals surface area contributed by atoms with Gasteiger partial charge in [0, 0.05) is 27.6 Å². The van der Waals surface area contributed by atoms with Gasteiger partial charge in [0.25, 0.3) is 0 Å². The predicted molar refractivity (Wildman–Crippen MR) is 73.7 cm³/mol. The van der Waals surface area contributed by atoms with Crippen LogP contribution in [0.15, 0.2) is 18.2 Å². The van der Waals surface area contributed by atoms with E-state index in [1.54, 1.807) is 18.2 Å². The summed E-state index contributed by atoms with van der Waals surface area (Å²) in [5, 5.41) is 3.36. The highest BCUT2D eigenvalue weighted by atomic mass is 35.5. The lowest BCUT2D eigenvalue weighted by Gasteiger charge is -2.07. The molecule has 0 radical (unpaired) electrons. The van der Waals surface area contributed by atoms with Crippen LogP contribution in [-0.4, -0.2) is 21.9 Å². The van der Waals surface area contributed by atoms with Crippen LogP contribution in [0.3, 0.4) is 0 Å². The molecule has 0 aliphatic heterocycles. The van der Waals surface area contributed by atoms with Crippen LogP contribution in [0.1, 0.15) is 18.4 Å². The number of nitrogens with two attached hydrogens (primary N) is 1. The maximum Gasteiger partial charge on any atom is 0.232 e. The van der Waals surface area contributed by atoms with Gasteiger partial charge in [0.2, 0.25) is 5.91 Å². The van der Waals surface area contributed by atoms with Crippen molar-refractivity contribution in [3.8, 4) is 0 Å². The largest absolute Gasteiger partial charge is 0.398 e. The van der Waals surface area contributed by atoms with Gasteiger partial charge in [-0.1, -0.05) is 11.6 Å². The van der Waals surface area contributed by atoms with Crippen LogP contribution in [0.5, 0.6) is 0 Å². The molecular weight excluding hydrogens is 272 g/mol. The van der Waals surface area contributed by atoms with Crippen LogP contribution >= 0.6 is 11.6 Å². The van der Waals surface area contributed by atoms with E-state index in [1.165, 1.54) is 0 Å². The molecule has 0 spiro atoms. The zero-order valence-corrected chi connectivity index (χ0v) is 11.4. The van der Waals surface area contributed by atoms with E-state index in [1.807, 2.05) is 0 Å². The summed E-state index contributed by atoms with van der Waals surface area (Å²) in [6, 6.07) is 5.35. The van der Waals surface area contributed by atoms with Crippen molar-refractivity contribution in [2.75, 3.05) is 11.5 Å². The molecule has 1 unspecified atom stereocenters. The van der Waals surface area contributed by atoms with Crippen LogP contribution < -0.4 is 11.1 Å². The van der Waals surface area contributed by atoms with Gasteiger partial charge >= 0.3 is 0 Å². The smallest absolute Gasteiger partial charge is 0.232 e. The molecule has 18 heavy (non-hydrogen) atoms. The van der Waals surface area contributed by atoms with Crippen LogP contribution in [0, 0.1) is 0 Å². The van der Waals surface area contributed by atoms with Gasteiger partial charge in [-0.05, 0) is 36.6 Å². The fraction of sp³-hybridized carbons (Fsp3) is 0.417. The number of rotatable bonds is 5. The first-order chi connectivity index (χ1) is 8.54. The van der Waals surface area contributed by atoms with Gasteiger partial charge in [0.1, 0.15) is 5.75 Å². The zero-order chi connectivity index (χ0) is 13.1. The molecule has 1 aromatic rings. The van der Waals surface area contributed by atoms with E-state index >= 15 is 0 Å². The lowest BCUT2D eigenvalue weighted by molar-refractivity contribution is -0.118. The maximum atomic E-state index is 11.8. The quantitative estimate of drug-likeness (QED) is 0.805. The standard InChI is InChI=1S/C12H15ClN2O2S/c13-9-1-4-11(14)8(5-9)6-18(17)7-12(16)15-10-2-3-10/h1,4-5,10H,2-3,6-7,14H2,(H,15,16). The molecule has 0 heterocycles. The number of nitrogens with one attached hydrogen (secondary N) is 1. The first kappa shape index (κ1) is 13.4. The van der Waals surface area contributed by atoms with Crippen molar-refractivity contribution < 1.29 is 9.00 Å². The molecule has 1 fully saturated rings. The van der Waals surface area contributed by atoms with Gasteiger partial charge in [0.05, 0.1) is 5.75 Å². The number of nitrogen functional groups attached to an aromatic ring is 1. The fourth-order valence-corrected chi connectivity index (χ4v) is 2.84. The molecule has 1 atom stereocenters. The molecule has 3 N–H and O–H groups in total. The van der Waals surface area contributed by atoms with E-state index in [-0.39, 0.29) is 17.4 Å². The number of carbonyl (C=O) groups excluding carboxylic acids is 1. The average Bonchev–Trinajstić information content (AvgIpc) is 3.07. The van der Waals surface area contributed by atoms with Gasteiger partial charge in [-0.25, -0.2) is 0 Å². The number of amides is 1. The summed E-state index contributed by atoms with van der Waals surface area (Å²) in [6.07, 6.45) is 2.05. The van der Waals surface area contributed by atoms with E-state index in [0.717, 1.165) is 18.4 Å². The molecule has 98 valence electrons. The molecule has 1 aromatic carbocycles. The van der Waals surface area contributed by atoms with Gasteiger partial charge in [-0.3, -0.25) is 9.00 Å². The van der Waals surface area contributed by atoms with Crippen molar-refractivity contribution in [2.24, 2.45) is 0 Å². The minimum atomic E-state index is -1.26. The van der Waals surface area contributed by atoms with Crippen molar-refractivity contribution >= 4 is 34.0 Å². The highest BCUT2D eigenvalue weighted by Crippen LogP contribution is 2.20. The molecule has 4 nitrogen and oxygen atoms in total. The van der Waals surface area contributed by atoms with Crippen LogP contribution in [0.4, 0.5) is 5.69 Å². The molecule has 6 heteroatoms. The summed E-state index contributed by atoms with van der Waals surface area (Å²) in [6.45, 7) is 0. The average molecular weight is 287 g/mol. The van der Waals surface area contributed by atoms with Crippen LogP contribution in [-0.2, 0) is 21.3 Å². The molecule has 2 rings (SSSR count). The third-order valence-corrected chi connectivity index (χ3v) is 4.11. The van der Waals surface area contributed by atoms with Crippen molar-refractivity contribution in [3.63, 3.8) is 0 Å². The SMILES string of the molecule is Nc1ccc(Cl)cc1CS(=O)CC(=O)NC1CC1. The number of anilines is 1. The Labute approximate surface area is 113 Å². The van der Waals surface area contributed by atoms with Crippen molar-refractivity contribution in [1.82, 2.24) is 5.32 Å². The Balaban J connectivity index is 1.89. The second kappa shape index (κ2) is 5.71. The minimum Gasteiger partial charge on any atom is -0.398 e. The zero-order valence-electron chi connectivity index (χ0n) is 9.82. The minimum absolute atomic E-state index is 0.0163. The molecule has 1 saturated carbocycles. The lowest BCUT2D eigenvalue weighted by Crippen LogP contribution is -2.30. The fourth-order valence-electron chi connectivity index (χ4n) is 1.57. The molecule has 1 amide bonds. The Kier molecular flexibility index (Phi) is 4.24. The maximum absolute atomic E-state index is 11.8. The third-order valence-electron chi connectivity index (χ3n) is 2.66. The molecular formula is C12H15ClN2O2S. The van der Waals surface area contributed by atoms with Crippen molar-refractivity contribution in [1.29, 1.82) is 0 Å². The summed E-state index contributed by atoms with van der Waals surface area (Å²) in [7, 11) is -1.26. The molecule has 0 saturated heterocycles. The van der Waals surface area contributed by atoms with Gasteiger partial charge in [-0.2, -0.15) is 0 Å².